The van der Waals surface area contributed by atoms with E-state index >= 15 is 0 Å². The van der Waals surface area contributed by atoms with Gasteiger partial charge in [-0.2, -0.15) is 0 Å². The topological polar surface area (TPSA) is 30.7 Å². The quantitative estimate of drug-likeness (QED) is 0.259. The van der Waals surface area contributed by atoms with Crippen molar-refractivity contribution in [3.63, 3.8) is 0 Å². The van der Waals surface area contributed by atoms with Crippen LogP contribution in [-0.4, -0.2) is 14.5 Å². The Kier molecular flexibility index (Phi) is 4.07. The predicted octanol–water partition coefficient (Wildman–Crippen LogP) is 8.26. The summed E-state index contributed by atoms with van der Waals surface area (Å²) >= 11 is 8.10. The maximum Gasteiger partial charge on any atom is 0.235 e. The SMILES string of the molecule is Clc1ccc2sc3c(-c4ccccc4)nc(-n4c5ccccc5c5ccccc54)nc3c2c1. The average molecular weight is 462 g/mol. The number of halogens is 1. The highest BCUT2D eigenvalue weighted by atomic mass is 35.5. The van der Waals surface area contributed by atoms with Crippen LogP contribution in [0.4, 0.5) is 0 Å². The Balaban J connectivity index is 1.66. The fraction of sp³-hybridized carbons (Fsp3) is 0. The van der Waals surface area contributed by atoms with Crippen molar-refractivity contribution in [2.75, 3.05) is 0 Å². The van der Waals surface area contributed by atoms with Crippen molar-refractivity contribution in [1.82, 2.24) is 14.5 Å². The summed E-state index contributed by atoms with van der Waals surface area (Å²) in [7, 11) is 0. The number of para-hydroxylation sites is 2. The fourth-order valence-electron chi connectivity index (χ4n) is 4.63. The number of nitrogens with zero attached hydrogens (tertiary/aromatic N) is 3. The average Bonchev–Trinajstić information content (AvgIpc) is 3.39. The highest BCUT2D eigenvalue weighted by Crippen LogP contribution is 2.40. The van der Waals surface area contributed by atoms with E-state index in [1.165, 1.54) is 10.8 Å². The molecule has 0 unspecified atom stereocenters. The van der Waals surface area contributed by atoms with Gasteiger partial charge in [-0.1, -0.05) is 78.3 Å². The molecule has 0 aliphatic rings. The summed E-state index contributed by atoms with van der Waals surface area (Å²) in [6.07, 6.45) is 0. The van der Waals surface area contributed by atoms with E-state index in [2.05, 4.69) is 71.3 Å². The van der Waals surface area contributed by atoms with Crippen LogP contribution in [-0.2, 0) is 0 Å². The molecule has 0 atom stereocenters. The van der Waals surface area contributed by atoms with Gasteiger partial charge < -0.3 is 0 Å². The summed E-state index contributed by atoms with van der Waals surface area (Å²) in [4.78, 5) is 10.3. The number of fused-ring (bicyclic) bond motifs is 6. The number of rotatable bonds is 2. The number of hydrogen-bond acceptors (Lipinski definition) is 3. The molecule has 0 spiro atoms. The molecule has 7 rings (SSSR count). The van der Waals surface area contributed by atoms with Gasteiger partial charge in [0, 0.05) is 31.4 Å². The highest BCUT2D eigenvalue weighted by Gasteiger charge is 2.19. The van der Waals surface area contributed by atoms with Crippen molar-refractivity contribution in [2.24, 2.45) is 0 Å². The lowest BCUT2D eigenvalue weighted by atomic mass is 10.1. The second-order valence-corrected chi connectivity index (χ2v) is 9.52. The van der Waals surface area contributed by atoms with Gasteiger partial charge in [0.2, 0.25) is 5.95 Å². The summed E-state index contributed by atoms with van der Waals surface area (Å²) in [6.45, 7) is 0. The Morgan fingerprint density at radius 1 is 0.667 bits per heavy atom. The molecule has 0 aliphatic heterocycles. The van der Waals surface area contributed by atoms with Gasteiger partial charge in [0.05, 0.1) is 26.9 Å². The molecule has 156 valence electrons. The van der Waals surface area contributed by atoms with Crippen LogP contribution in [0.5, 0.6) is 0 Å². The van der Waals surface area contributed by atoms with Crippen LogP contribution in [0.15, 0.2) is 97.1 Å². The maximum atomic E-state index is 6.38. The molecule has 3 nitrogen and oxygen atoms in total. The summed E-state index contributed by atoms with van der Waals surface area (Å²) in [6, 6.07) is 33.2. The Morgan fingerprint density at radius 2 is 1.33 bits per heavy atom. The normalized spacial score (nSPS) is 11.8. The Labute approximate surface area is 198 Å². The molecule has 0 fully saturated rings. The number of hydrogen-bond donors (Lipinski definition) is 0. The number of thiophene rings is 1. The Morgan fingerprint density at radius 3 is 2.06 bits per heavy atom. The Bertz CT molecular complexity index is 1780. The van der Waals surface area contributed by atoms with Gasteiger partial charge in [0.1, 0.15) is 0 Å². The minimum absolute atomic E-state index is 0.665. The second-order valence-electron chi connectivity index (χ2n) is 8.03. The molecule has 0 saturated carbocycles. The summed E-state index contributed by atoms with van der Waals surface area (Å²) < 4.78 is 4.40. The third-order valence-corrected chi connectivity index (χ3v) is 7.49. The van der Waals surface area contributed by atoms with Gasteiger partial charge in [-0.15, -0.1) is 11.3 Å². The molecule has 4 aromatic carbocycles. The minimum atomic E-state index is 0.665. The molecule has 7 aromatic rings. The summed E-state index contributed by atoms with van der Waals surface area (Å²) in [5.74, 6) is 0.665. The van der Waals surface area contributed by atoms with E-state index in [-0.39, 0.29) is 0 Å². The summed E-state index contributed by atoms with van der Waals surface area (Å²) in [5.41, 5.74) is 5.13. The molecule has 0 radical (unpaired) electrons. The van der Waals surface area contributed by atoms with Crippen molar-refractivity contribution in [2.45, 2.75) is 0 Å². The van der Waals surface area contributed by atoms with Crippen molar-refractivity contribution in [3.8, 4) is 17.2 Å². The van der Waals surface area contributed by atoms with Gasteiger partial charge in [0.25, 0.3) is 0 Å². The van der Waals surface area contributed by atoms with Crippen molar-refractivity contribution < 1.29 is 0 Å². The smallest absolute Gasteiger partial charge is 0.235 e. The Hall–Kier alpha value is -3.73. The van der Waals surface area contributed by atoms with Crippen LogP contribution in [0.1, 0.15) is 0 Å². The van der Waals surface area contributed by atoms with Crippen molar-refractivity contribution >= 4 is 65.0 Å². The van der Waals surface area contributed by atoms with Crippen LogP contribution >= 0.6 is 22.9 Å². The van der Waals surface area contributed by atoms with E-state index in [0.717, 1.165) is 42.6 Å². The zero-order chi connectivity index (χ0) is 21.9. The summed E-state index contributed by atoms with van der Waals surface area (Å²) in [5, 5.41) is 4.15. The van der Waals surface area contributed by atoms with Gasteiger partial charge >= 0.3 is 0 Å². The van der Waals surface area contributed by atoms with Crippen LogP contribution in [0.2, 0.25) is 5.02 Å². The zero-order valence-corrected chi connectivity index (χ0v) is 18.9. The first kappa shape index (κ1) is 18.8. The molecule has 0 saturated heterocycles. The first-order valence-corrected chi connectivity index (χ1v) is 11.9. The molecule has 5 heteroatoms. The fourth-order valence-corrected chi connectivity index (χ4v) is 5.94. The lowest BCUT2D eigenvalue weighted by Crippen LogP contribution is -2.02. The van der Waals surface area contributed by atoms with Gasteiger partial charge in [0.15, 0.2) is 0 Å². The van der Waals surface area contributed by atoms with Gasteiger partial charge in [-0.05, 0) is 30.3 Å². The third-order valence-electron chi connectivity index (χ3n) is 6.09. The molecule has 33 heavy (non-hydrogen) atoms. The van der Waals surface area contributed by atoms with E-state index in [0.29, 0.717) is 11.0 Å². The van der Waals surface area contributed by atoms with E-state index in [4.69, 9.17) is 21.6 Å². The lowest BCUT2D eigenvalue weighted by molar-refractivity contribution is 1.02. The molecular weight excluding hydrogens is 446 g/mol. The molecule has 0 amide bonds. The standard InChI is InChI=1S/C28H16ClN3S/c29-18-14-15-24-21(16-18)26-27(33-24)25(17-8-2-1-3-9-17)30-28(31-26)32-22-12-6-4-10-19(22)20-11-5-7-13-23(20)32/h1-16H. The lowest BCUT2D eigenvalue weighted by Gasteiger charge is -2.10. The third kappa shape index (κ3) is 2.81. The minimum Gasteiger partial charge on any atom is -0.278 e. The maximum absolute atomic E-state index is 6.38. The van der Waals surface area contributed by atoms with Crippen LogP contribution in [0.3, 0.4) is 0 Å². The van der Waals surface area contributed by atoms with Gasteiger partial charge in [-0.3, -0.25) is 4.57 Å². The van der Waals surface area contributed by atoms with Crippen molar-refractivity contribution in [1.29, 1.82) is 0 Å². The first-order valence-electron chi connectivity index (χ1n) is 10.7. The highest BCUT2D eigenvalue weighted by molar-refractivity contribution is 7.26. The van der Waals surface area contributed by atoms with Crippen LogP contribution in [0.25, 0.3) is 59.3 Å². The van der Waals surface area contributed by atoms with Crippen molar-refractivity contribution in [3.05, 3.63) is 102 Å². The molecule has 3 aromatic heterocycles. The number of benzene rings is 4. The van der Waals surface area contributed by atoms with Crippen LogP contribution in [0, 0.1) is 0 Å². The van der Waals surface area contributed by atoms with Gasteiger partial charge in [-0.25, -0.2) is 9.97 Å². The van der Waals surface area contributed by atoms with E-state index in [1.54, 1.807) is 11.3 Å². The number of aromatic nitrogens is 3. The van der Waals surface area contributed by atoms with E-state index in [9.17, 15) is 0 Å². The molecule has 0 bridgehead atoms. The molecule has 3 heterocycles. The monoisotopic (exact) mass is 461 g/mol. The molecule has 0 N–H and O–H groups in total. The van der Waals surface area contributed by atoms with Crippen LogP contribution < -0.4 is 0 Å². The molecule has 0 aliphatic carbocycles. The predicted molar refractivity (Wildman–Crippen MR) is 140 cm³/mol. The second kappa shape index (κ2) is 7.14. The largest absolute Gasteiger partial charge is 0.278 e. The van der Waals surface area contributed by atoms with E-state index < -0.39 is 0 Å². The first-order chi connectivity index (χ1) is 16.3. The van der Waals surface area contributed by atoms with E-state index in [1.807, 2.05) is 30.3 Å². The molecular formula is C28H16ClN3S. The zero-order valence-electron chi connectivity index (χ0n) is 17.4.